The summed E-state index contributed by atoms with van der Waals surface area (Å²) in [6.45, 7) is 4.29. The number of carbonyl (C=O) groups is 1. The molecule has 37 heavy (non-hydrogen) atoms. The van der Waals surface area contributed by atoms with Gasteiger partial charge in [-0.05, 0) is 74.1 Å². The highest BCUT2D eigenvalue weighted by Crippen LogP contribution is 2.41. The smallest absolute Gasteiger partial charge is 0.244 e. The number of nitrogens with one attached hydrogen (secondary N) is 2. The first-order valence-electron chi connectivity index (χ1n) is 12.1. The Kier molecular flexibility index (Phi) is 6.92. The van der Waals surface area contributed by atoms with Gasteiger partial charge in [0, 0.05) is 35.0 Å². The zero-order chi connectivity index (χ0) is 25.9. The fourth-order valence-electron chi connectivity index (χ4n) is 5.03. The molecule has 1 aliphatic heterocycles. The van der Waals surface area contributed by atoms with E-state index in [1.807, 2.05) is 71.6 Å². The van der Waals surface area contributed by atoms with E-state index in [2.05, 4.69) is 46.2 Å². The lowest BCUT2D eigenvalue weighted by Crippen LogP contribution is -2.37. The Bertz CT molecular complexity index is 1420. The number of amides is 1. The van der Waals surface area contributed by atoms with E-state index in [4.69, 9.17) is 17.0 Å². The first kappa shape index (κ1) is 24.5. The number of benzene rings is 2. The molecule has 7 nitrogen and oxygen atoms in total. The number of aromatic nitrogens is 2. The molecule has 1 amide bonds. The molecule has 2 atom stereocenters. The number of hydrogen-bond acceptors (Lipinski definition) is 4. The summed E-state index contributed by atoms with van der Waals surface area (Å²) in [5.74, 6) is 0.657. The lowest BCUT2D eigenvalue weighted by molar-refractivity contribution is -0.116. The van der Waals surface area contributed by atoms with Gasteiger partial charge in [-0.25, -0.2) is 0 Å². The SMILES string of the molecule is COc1cccc(-n2c(C)cc([C@H]3[C@H](c4ccccn4)NC(=S)N3CC(=O)Nc3ccccc3)c2C)c1. The Morgan fingerprint density at radius 3 is 2.57 bits per heavy atom. The van der Waals surface area contributed by atoms with Crippen LogP contribution in [0, 0.1) is 13.8 Å². The molecule has 1 aliphatic rings. The van der Waals surface area contributed by atoms with Crippen LogP contribution in [0.1, 0.15) is 34.7 Å². The molecule has 1 fully saturated rings. The molecular weight excluding hydrogens is 482 g/mol. The third kappa shape index (κ3) is 4.93. The maximum Gasteiger partial charge on any atom is 0.244 e. The Labute approximate surface area is 222 Å². The Morgan fingerprint density at radius 1 is 1.05 bits per heavy atom. The van der Waals surface area contributed by atoms with Crippen molar-refractivity contribution < 1.29 is 9.53 Å². The molecule has 0 unspecified atom stereocenters. The quantitative estimate of drug-likeness (QED) is 0.336. The molecule has 3 heterocycles. The number of aryl methyl sites for hydroxylation is 1. The number of hydrogen-bond donors (Lipinski definition) is 2. The number of anilines is 1. The molecule has 2 N–H and O–H groups in total. The highest BCUT2D eigenvalue weighted by Gasteiger charge is 2.42. The van der Waals surface area contributed by atoms with Gasteiger partial charge >= 0.3 is 0 Å². The lowest BCUT2D eigenvalue weighted by Gasteiger charge is -2.27. The summed E-state index contributed by atoms with van der Waals surface area (Å²) in [6.07, 6.45) is 1.78. The average Bonchev–Trinajstić information content (AvgIpc) is 3.39. The van der Waals surface area contributed by atoms with Crippen molar-refractivity contribution in [3.05, 3.63) is 108 Å². The van der Waals surface area contributed by atoms with E-state index >= 15 is 0 Å². The zero-order valence-corrected chi connectivity index (χ0v) is 21.8. The van der Waals surface area contributed by atoms with Gasteiger partial charge in [0.15, 0.2) is 5.11 Å². The Hall–Kier alpha value is -4.17. The van der Waals surface area contributed by atoms with E-state index in [0.717, 1.165) is 39.8 Å². The number of para-hydroxylation sites is 1. The fraction of sp³-hybridized carbons (Fsp3) is 0.207. The van der Waals surface area contributed by atoms with Gasteiger partial charge in [-0.2, -0.15) is 0 Å². The lowest BCUT2D eigenvalue weighted by atomic mass is 9.96. The van der Waals surface area contributed by atoms with Crippen molar-refractivity contribution in [1.82, 2.24) is 19.8 Å². The molecule has 0 spiro atoms. The molecular formula is C29H29N5O2S. The largest absolute Gasteiger partial charge is 0.497 e. The minimum Gasteiger partial charge on any atom is -0.497 e. The number of thiocarbonyl (C=S) groups is 1. The summed E-state index contributed by atoms with van der Waals surface area (Å²) in [7, 11) is 1.67. The fourth-order valence-corrected chi connectivity index (χ4v) is 5.33. The van der Waals surface area contributed by atoms with Crippen molar-refractivity contribution in [3.8, 4) is 11.4 Å². The van der Waals surface area contributed by atoms with Crippen molar-refractivity contribution in [3.63, 3.8) is 0 Å². The average molecular weight is 512 g/mol. The second-order valence-corrected chi connectivity index (χ2v) is 9.42. The van der Waals surface area contributed by atoms with Crippen LogP contribution >= 0.6 is 12.2 Å². The molecule has 0 saturated carbocycles. The first-order valence-corrected chi connectivity index (χ1v) is 12.5. The summed E-state index contributed by atoms with van der Waals surface area (Å²) in [4.78, 5) is 19.7. The number of rotatable bonds is 7. The van der Waals surface area contributed by atoms with Gasteiger partial charge in [-0.3, -0.25) is 9.78 Å². The molecule has 0 radical (unpaired) electrons. The van der Waals surface area contributed by atoms with Crippen LogP contribution in [0.25, 0.3) is 5.69 Å². The van der Waals surface area contributed by atoms with Crippen LogP contribution in [0.4, 0.5) is 5.69 Å². The summed E-state index contributed by atoms with van der Waals surface area (Å²) in [6, 6.07) is 25.0. The van der Waals surface area contributed by atoms with Crippen molar-refractivity contribution in [1.29, 1.82) is 0 Å². The topological polar surface area (TPSA) is 71.4 Å². The van der Waals surface area contributed by atoms with Gasteiger partial charge in [0.2, 0.25) is 5.91 Å². The van der Waals surface area contributed by atoms with Gasteiger partial charge in [-0.15, -0.1) is 0 Å². The minimum atomic E-state index is -0.227. The van der Waals surface area contributed by atoms with E-state index < -0.39 is 0 Å². The standard InChI is InChI=1S/C29H29N5O2S/c1-19-16-24(20(2)34(19)22-12-9-13-23(17-22)36-3)28-27(25-14-7-8-15-30-25)32-29(37)33(28)18-26(35)31-21-10-5-4-6-11-21/h4-17,27-28H,18H2,1-3H3,(H,31,35)(H,32,37)/t27-,28-/m0/s1. The number of methoxy groups -OCH3 is 1. The van der Waals surface area contributed by atoms with E-state index in [1.165, 1.54) is 0 Å². The third-order valence-corrected chi connectivity index (χ3v) is 7.02. The highest BCUT2D eigenvalue weighted by atomic mass is 32.1. The second-order valence-electron chi connectivity index (χ2n) is 9.03. The molecule has 2 aromatic heterocycles. The second kappa shape index (κ2) is 10.4. The van der Waals surface area contributed by atoms with Gasteiger partial charge in [0.05, 0.1) is 24.9 Å². The predicted octanol–water partition coefficient (Wildman–Crippen LogP) is 5.11. The van der Waals surface area contributed by atoms with Gasteiger partial charge in [0.25, 0.3) is 0 Å². The number of pyridine rings is 1. The molecule has 0 bridgehead atoms. The van der Waals surface area contributed by atoms with Crippen molar-refractivity contribution >= 4 is 28.9 Å². The molecule has 5 rings (SSSR count). The van der Waals surface area contributed by atoms with Crippen molar-refractivity contribution in [2.24, 2.45) is 0 Å². The molecule has 0 aliphatic carbocycles. The molecule has 8 heteroatoms. The maximum atomic E-state index is 13.1. The Morgan fingerprint density at radius 2 is 1.84 bits per heavy atom. The number of nitrogens with zero attached hydrogens (tertiary/aromatic N) is 3. The summed E-state index contributed by atoms with van der Waals surface area (Å²) in [5, 5.41) is 6.94. The predicted molar refractivity (Wildman–Crippen MR) is 149 cm³/mol. The summed E-state index contributed by atoms with van der Waals surface area (Å²) >= 11 is 5.77. The maximum absolute atomic E-state index is 13.1. The van der Waals surface area contributed by atoms with Crippen molar-refractivity contribution in [2.75, 3.05) is 19.0 Å². The Balaban J connectivity index is 1.54. The van der Waals surface area contributed by atoms with Crippen LogP contribution < -0.4 is 15.4 Å². The van der Waals surface area contributed by atoms with E-state index in [1.54, 1.807) is 13.3 Å². The number of carbonyl (C=O) groups excluding carboxylic acids is 1. The molecule has 2 aromatic carbocycles. The monoisotopic (exact) mass is 511 g/mol. The minimum absolute atomic E-state index is 0.109. The van der Waals surface area contributed by atoms with Crippen LogP contribution in [0.3, 0.4) is 0 Å². The van der Waals surface area contributed by atoms with Crippen LogP contribution in [0.2, 0.25) is 0 Å². The van der Waals surface area contributed by atoms with Crippen LogP contribution in [-0.2, 0) is 4.79 Å². The van der Waals surface area contributed by atoms with Gasteiger partial charge in [0.1, 0.15) is 12.3 Å². The number of ether oxygens (including phenoxy) is 1. The molecule has 1 saturated heterocycles. The zero-order valence-electron chi connectivity index (χ0n) is 21.0. The van der Waals surface area contributed by atoms with Crippen LogP contribution in [-0.4, -0.2) is 39.1 Å². The normalized spacial score (nSPS) is 16.9. The van der Waals surface area contributed by atoms with Crippen LogP contribution in [0.5, 0.6) is 5.75 Å². The highest BCUT2D eigenvalue weighted by molar-refractivity contribution is 7.80. The first-order chi connectivity index (χ1) is 18.0. The van der Waals surface area contributed by atoms with E-state index in [9.17, 15) is 4.79 Å². The van der Waals surface area contributed by atoms with Gasteiger partial charge in [-0.1, -0.05) is 30.3 Å². The molecule has 188 valence electrons. The summed E-state index contributed by atoms with van der Waals surface area (Å²) in [5.41, 5.74) is 5.85. The summed E-state index contributed by atoms with van der Waals surface area (Å²) < 4.78 is 7.67. The molecule has 4 aromatic rings. The van der Waals surface area contributed by atoms with Crippen LogP contribution in [0.15, 0.2) is 85.1 Å². The van der Waals surface area contributed by atoms with Gasteiger partial charge < -0.3 is 24.8 Å². The van der Waals surface area contributed by atoms with E-state index in [-0.39, 0.29) is 24.5 Å². The van der Waals surface area contributed by atoms with E-state index in [0.29, 0.717) is 5.11 Å². The van der Waals surface area contributed by atoms with Crippen molar-refractivity contribution in [2.45, 2.75) is 25.9 Å². The third-order valence-electron chi connectivity index (χ3n) is 6.67.